The quantitative estimate of drug-likeness (QED) is 0.672. The number of hydrogen-bond donors (Lipinski definition) is 2. The van der Waals surface area contributed by atoms with Gasteiger partial charge in [-0.2, -0.15) is 0 Å². The molecule has 1 aromatic carbocycles. The number of aromatic nitrogens is 3. The highest BCUT2D eigenvalue weighted by Crippen LogP contribution is 2.33. The Morgan fingerprint density at radius 1 is 1.00 bits per heavy atom. The highest BCUT2D eigenvalue weighted by Gasteiger charge is 2.25. The van der Waals surface area contributed by atoms with Crippen LogP contribution in [-0.2, 0) is 6.42 Å². The monoisotopic (exact) mass is 386 g/mol. The number of nitrogens with one attached hydrogen (secondary N) is 2. The topological polar surface area (TPSA) is 66.0 Å². The van der Waals surface area contributed by atoms with Gasteiger partial charge in [-0.3, -0.25) is 0 Å². The first-order valence-electron chi connectivity index (χ1n) is 10.5. The van der Waals surface area contributed by atoms with Crippen molar-refractivity contribution in [1.29, 1.82) is 0 Å². The first kappa shape index (κ1) is 18.1. The number of nitrogens with zero attached hydrogens (tertiary/aromatic N) is 4. The third-order valence-corrected chi connectivity index (χ3v) is 5.85. The van der Waals surface area contributed by atoms with Gasteiger partial charge in [-0.1, -0.05) is 18.2 Å². The number of anilines is 3. The van der Waals surface area contributed by atoms with Crippen LogP contribution in [0.1, 0.15) is 35.6 Å². The minimum absolute atomic E-state index is 0.204. The van der Waals surface area contributed by atoms with Gasteiger partial charge in [0, 0.05) is 42.7 Å². The number of hydrogen-bond acceptors (Lipinski definition) is 6. The number of likely N-dealkylation sites (tertiary alicyclic amines) is 1. The van der Waals surface area contributed by atoms with Crippen molar-refractivity contribution in [2.75, 3.05) is 36.8 Å². The van der Waals surface area contributed by atoms with Gasteiger partial charge >= 0.3 is 0 Å². The molecule has 2 aliphatic heterocycles. The van der Waals surface area contributed by atoms with E-state index in [4.69, 9.17) is 4.98 Å². The molecule has 0 aliphatic carbocycles. The Morgan fingerprint density at radius 3 is 2.72 bits per heavy atom. The van der Waals surface area contributed by atoms with E-state index in [9.17, 15) is 0 Å². The molecule has 1 atom stereocenters. The Morgan fingerprint density at radius 2 is 1.86 bits per heavy atom. The first-order valence-corrected chi connectivity index (χ1v) is 10.5. The summed E-state index contributed by atoms with van der Waals surface area (Å²) in [6.07, 6.45) is 7.44. The standard InChI is InChI=1S/C23H26N6/c1-2-14-29(13-1)15-10-17-5-7-18(8-6-17)27-23-25-12-9-21(28-23)20-16-26-22-19(20)4-3-11-24-22/h3-9,11-12,20H,1-2,10,13-16H2,(H,24,26)(H,25,27,28). The molecule has 2 aromatic heterocycles. The number of benzene rings is 1. The van der Waals surface area contributed by atoms with Crippen LogP contribution < -0.4 is 10.6 Å². The molecule has 4 heterocycles. The lowest BCUT2D eigenvalue weighted by atomic mass is 9.99. The molecule has 1 fully saturated rings. The fourth-order valence-electron chi connectivity index (χ4n) is 4.22. The van der Waals surface area contributed by atoms with Gasteiger partial charge in [0.1, 0.15) is 5.82 Å². The average molecular weight is 387 g/mol. The molecule has 0 saturated carbocycles. The molecule has 2 N–H and O–H groups in total. The summed E-state index contributed by atoms with van der Waals surface area (Å²) in [5, 5.41) is 6.71. The molecule has 3 aromatic rings. The van der Waals surface area contributed by atoms with Gasteiger partial charge in [-0.15, -0.1) is 0 Å². The predicted molar refractivity (Wildman–Crippen MR) is 116 cm³/mol. The van der Waals surface area contributed by atoms with E-state index in [0.29, 0.717) is 5.95 Å². The minimum Gasteiger partial charge on any atom is -0.369 e. The molecule has 0 radical (unpaired) electrons. The fourth-order valence-corrected chi connectivity index (χ4v) is 4.22. The van der Waals surface area contributed by atoms with Gasteiger partial charge in [0.15, 0.2) is 0 Å². The minimum atomic E-state index is 0.204. The molecular formula is C23H26N6. The lowest BCUT2D eigenvalue weighted by molar-refractivity contribution is 0.343. The summed E-state index contributed by atoms with van der Waals surface area (Å²) in [5.41, 5.74) is 4.58. The summed E-state index contributed by atoms with van der Waals surface area (Å²) >= 11 is 0. The van der Waals surface area contributed by atoms with Crippen LogP contribution >= 0.6 is 0 Å². The third kappa shape index (κ3) is 4.07. The molecule has 0 amide bonds. The van der Waals surface area contributed by atoms with Crippen LogP contribution in [0.3, 0.4) is 0 Å². The number of rotatable bonds is 6. The molecule has 0 bridgehead atoms. The normalized spacial score (nSPS) is 18.4. The second kappa shape index (κ2) is 8.17. The molecule has 1 unspecified atom stereocenters. The van der Waals surface area contributed by atoms with Crippen LogP contribution in [0.5, 0.6) is 0 Å². The first-order chi connectivity index (χ1) is 14.3. The maximum atomic E-state index is 4.76. The molecule has 2 aliphatic rings. The summed E-state index contributed by atoms with van der Waals surface area (Å²) in [4.78, 5) is 16.1. The third-order valence-electron chi connectivity index (χ3n) is 5.85. The van der Waals surface area contributed by atoms with E-state index in [1.54, 1.807) is 0 Å². The lowest BCUT2D eigenvalue weighted by Gasteiger charge is -2.14. The van der Waals surface area contributed by atoms with Crippen molar-refractivity contribution in [2.24, 2.45) is 0 Å². The summed E-state index contributed by atoms with van der Waals surface area (Å²) in [6, 6.07) is 14.7. The molecule has 6 nitrogen and oxygen atoms in total. The van der Waals surface area contributed by atoms with Crippen LogP contribution in [0.2, 0.25) is 0 Å². The van der Waals surface area contributed by atoms with Crippen LogP contribution in [0.15, 0.2) is 54.9 Å². The highest BCUT2D eigenvalue weighted by molar-refractivity contribution is 5.56. The zero-order valence-corrected chi connectivity index (χ0v) is 16.5. The van der Waals surface area contributed by atoms with Crippen molar-refractivity contribution in [3.05, 3.63) is 71.7 Å². The summed E-state index contributed by atoms with van der Waals surface area (Å²) in [6.45, 7) is 4.48. The zero-order chi connectivity index (χ0) is 19.5. The Balaban J connectivity index is 1.25. The maximum Gasteiger partial charge on any atom is 0.227 e. The Labute approximate surface area is 171 Å². The van der Waals surface area contributed by atoms with Crippen LogP contribution in [0.25, 0.3) is 0 Å². The van der Waals surface area contributed by atoms with E-state index < -0.39 is 0 Å². The van der Waals surface area contributed by atoms with E-state index in [0.717, 1.165) is 36.7 Å². The van der Waals surface area contributed by atoms with Crippen LogP contribution in [0, 0.1) is 0 Å². The van der Waals surface area contributed by atoms with Gasteiger partial charge in [0.05, 0.1) is 5.69 Å². The van der Waals surface area contributed by atoms with Crippen molar-refractivity contribution in [3.8, 4) is 0 Å². The Bertz CT molecular complexity index is 965. The molecular weight excluding hydrogens is 360 g/mol. The number of pyridine rings is 1. The van der Waals surface area contributed by atoms with E-state index in [1.807, 2.05) is 24.5 Å². The molecule has 0 spiro atoms. The molecule has 6 heteroatoms. The average Bonchev–Trinajstić information content (AvgIpc) is 3.43. The van der Waals surface area contributed by atoms with Crippen LogP contribution in [-0.4, -0.2) is 46.0 Å². The van der Waals surface area contributed by atoms with Crippen molar-refractivity contribution in [3.63, 3.8) is 0 Å². The largest absolute Gasteiger partial charge is 0.369 e. The summed E-state index contributed by atoms with van der Waals surface area (Å²) in [5.74, 6) is 1.79. The SMILES string of the molecule is c1cnc2c(c1)C(c1ccnc(Nc3ccc(CCN4CCCC4)cc3)n1)CN2. The lowest BCUT2D eigenvalue weighted by Crippen LogP contribution is -2.21. The second-order valence-electron chi connectivity index (χ2n) is 7.80. The van der Waals surface area contributed by atoms with Crippen molar-refractivity contribution in [2.45, 2.75) is 25.2 Å². The summed E-state index contributed by atoms with van der Waals surface area (Å²) in [7, 11) is 0. The highest BCUT2D eigenvalue weighted by atomic mass is 15.1. The zero-order valence-electron chi connectivity index (χ0n) is 16.5. The van der Waals surface area contributed by atoms with Crippen molar-refractivity contribution < 1.29 is 0 Å². The molecule has 1 saturated heterocycles. The predicted octanol–water partition coefficient (Wildman–Crippen LogP) is 3.81. The maximum absolute atomic E-state index is 4.76. The summed E-state index contributed by atoms with van der Waals surface area (Å²) < 4.78 is 0. The molecule has 148 valence electrons. The van der Waals surface area contributed by atoms with E-state index in [2.05, 4.69) is 55.8 Å². The number of fused-ring (bicyclic) bond motifs is 1. The molecule has 29 heavy (non-hydrogen) atoms. The molecule has 5 rings (SSSR count). The van der Waals surface area contributed by atoms with E-state index in [-0.39, 0.29) is 5.92 Å². The van der Waals surface area contributed by atoms with Crippen molar-refractivity contribution >= 4 is 17.5 Å². The second-order valence-corrected chi connectivity index (χ2v) is 7.80. The van der Waals surface area contributed by atoms with Gasteiger partial charge in [0.25, 0.3) is 0 Å². The Hall–Kier alpha value is -2.99. The van der Waals surface area contributed by atoms with E-state index in [1.165, 1.54) is 37.1 Å². The van der Waals surface area contributed by atoms with E-state index >= 15 is 0 Å². The van der Waals surface area contributed by atoms with Gasteiger partial charge in [0.2, 0.25) is 5.95 Å². The Kier molecular flexibility index (Phi) is 5.09. The van der Waals surface area contributed by atoms with Gasteiger partial charge < -0.3 is 15.5 Å². The van der Waals surface area contributed by atoms with Gasteiger partial charge in [-0.25, -0.2) is 15.0 Å². The van der Waals surface area contributed by atoms with Crippen molar-refractivity contribution in [1.82, 2.24) is 19.9 Å². The smallest absolute Gasteiger partial charge is 0.227 e. The fraction of sp³-hybridized carbons (Fsp3) is 0.348. The van der Waals surface area contributed by atoms with Crippen LogP contribution in [0.4, 0.5) is 17.5 Å². The van der Waals surface area contributed by atoms with Gasteiger partial charge in [-0.05, 0) is 62.2 Å².